The van der Waals surface area contributed by atoms with E-state index < -0.39 is 5.82 Å². The summed E-state index contributed by atoms with van der Waals surface area (Å²) in [5.41, 5.74) is 1.37. The number of ether oxygens (including phenoxy) is 2. The van der Waals surface area contributed by atoms with E-state index in [4.69, 9.17) is 14.7 Å². The molecule has 1 aliphatic heterocycles. The summed E-state index contributed by atoms with van der Waals surface area (Å²) in [6.07, 6.45) is 0. The van der Waals surface area contributed by atoms with Crippen LogP contribution >= 0.6 is 0 Å². The van der Waals surface area contributed by atoms with Crippen molar-refractivity contribution in [2.24, 2.45) is 0 Å². The molecule has 1 aliphatic rings. The maximum absolute atomic E-state index is 13.5. The third-order valence-corrected chi connectivity index (χ3v) is 3.07. The Bertz CT molecular complexity index is 695. The number of benzene rings is 2. The second-order valence-electron chi connectivity index (χ2n) is 4.28. The summed E-state index contributed by atoms with van der Waals surface area (Å²) in [6, 6.07) is 11.9. The van der Waals surface area contributed by atoms with Crippen LogP contribution in [0.4, 0.5) is 10.1 Å². The Labute approximate surface area is 115 Å². The first-order valence-electron chi connectivity index (χ1n) is 6.09. The normalized spacial score (nSPS) is 12.0. The van der Waals surface area contributed by atoms with Gasteiger partial charge in [-0.3, -0.25) is 0 Å². The number of hydrogen-bond donors (Lipinski definition) is 1. The van der Waals surface area contributed by atoms with Crippen molar-refractivity contribution in [1.82, 2.24) is 0 Å². The molecule has 5 heteroatoms. The Balaban J connectivity index is 1.83. The summed E-state index contributed by atoms with van der Waals surface area (Å²) in [4.78, 5) is 0. The minimum atomic E-state index is -0.532. The minimum absolute atomic E-state index is 0.0113. The summed E-state index contributed by atoms with van der Waals surface area (Å²) >= 11 is 0. The average Bonchev–Trinajstić information content (AvgIpc) is 2.94. The SMILES string of the molecule is N#Cc1c(F)cccc1NCc1cccc2c1OCO2. The summed E-state index contributed by atoms with van der Waals surface area (Å²) < 4.78 is 24.2. The number of fused-ring (bicyclic) bond motifs is 1. The molecule has 20 heavy (non-hydrogen) atoms. The Morgan fingerprint density at radius 1 is 1.20 bits per heavy atom. The lowest BCUT2D eigenvalue weighted by atomic mass is 10.1. The largest absolute Gasteiger partial charge is 0.454 e. The molecule has 0 atom stereocenters. The predicted molar refractivity (Wildman–Crippen MR) is 71.0 cm³/mol. The van der Waals surface area contributed by atoms with Gasteiger partial charge >= 0.3 is 0 Å². The van der Waals surface area contributed by atoms with Crippen LogP contribution in [0.2, 0.25) is 0 Å². The van der Waals surface area contributed by atoms with Crippen molar-refractivity contribution in [2.75, 3.05) is 12.1 Å². The quantitative estimate of drug-likeness (QED) is 0.931. The molecule has 0 saturated heterocycles. The lowest BCUT2D eigenvalue weighted by molar-refractivity contribution is 0.173. The Hall–Kier alpha value is -2.74. The molecule has 2 aromatic carbocycles. The highest BCUT2D eigenvalue weighted by molar-refractivity contribution is 5.59. The highest BCUT2D eigenvalue weighted by Crippen LogP contribution is 2.35. The minimum Gasteiger partial charge on any atom is -0.454 e. The molecule has 0 radical (unpaired) electrons. The summed E-state index contributed by atoms with van der Waals surface area (Å²) in [5, 5.41) is 12.0. The van der Waals surface area contributed by atoms with E-state index in [9.17, 15) is 4.39 Å². The fourth-order valence-corrected chi connectivity index (χ4v) is 2.11. The van der Waals surface area contributed by atoms with Crippen molar-refractivity contribution in [1.29, 1.82) is 5.26 Å². The molecular weight excluding hydrogens is 259 g/mol. The van der Waals surface area contributed by atoms with Gasteiger partial charge < -0.3 is 14.8 Å². The highest BCUT2D eigenvalue weighted by atomic mass is 19.1. The molecule has 1 N–H and O–H groups in total. The van der Waals surface area contributed by atoms with Crippen molar-refractivity contribution in [3.8, 4) is 17.6 Å². The molecule has 0 aromatic heterocycles. The van der Waals surface area contributed by atoms with Crippen molar-refractivity contribution in [3.63, 3.8) is 0 Å². The molecule has 0 amide bonds. The molecule has 0 saturated carbocycles. The number of halogens is 1. The predicted octanol–water partition coefficient (Wildman–Crippen LogP) is 3.04. The molecule has 4 nitrogen and oxygen atoms in total. The number of hydrogen-bond acceptors (Lipinski definition) is 4. The van der Waals surface area contributed by atoms with Crippen LogP contribution in [0.25, 0.3) is 0 Å². The van der Waals surface area contributed by atoms with E-state index in [0.29, 0.717) is 23.7 Å². The summed E-state index contributed by atoms with van der Waals surface area (Å²) in [5.74, 6) is 0.856. The zero-order chi connectivity index (χ0) is 13.9. The van der Waals surface area contributed by atoms with Gasteiger partial charge in [0.15, 0.2) is 11.5 Å². The van der Waals surface area contributed by atoms with Gasteiger partial charge in [-0.1, -0.05) is 18.2 Å². The van der Waals surface area contributed by atoms with E-state index in [0.717, 1.165) is 5.56 Å². The van der Waals surface area contributed by atoms with Crippen LogP contribution < -0.4 is 14.8 Å². The lowest BCUT2D eigenvalue weighted by Gasteiger charge is -2.10. The monoisotopic (exact) mass is 270 g/mol. The molecule has 1 heterocycles. The van der Waals surface area contributed by atoms with Crippen LogP contribution in [-0.4, -0.2) is 6.79 Å². The van der Waals surface area contributed by atoms with Crippen molar-refractivity contribution in [3.05, 3.63) is 53.3 Å². The molecule has 0 bridgehead atoms. The first-order valence-corrected chi connectivity index (χ1v) is 6.09. The summed E-state index contributed by atoms with van der Waals surface area (Å²) in [7, 11) is 0. The van der Waals surface area contributed by atoms with Gasteiger partial charge in [0.2, 0.25) is 6.79 Å². The molecule has 0 spiro atoms. The third-order valence-electron chi connectivity index (χ3n) is 3.07. The van der Waals surface area contributed by atoms with Gasteiger partial charge in [0, 0.05) is 12.1 Å². The maximum atomic E-state index is 13.5. The first-order chi connectivity index (χ1) is 9.79. The van der Waals surface area contributed by atoms with Crippen LogP contribution in [0.1, 0.15) is 11.1 Å². The van der Waals surface area contributed by atoms with E-state index in [1.807, 2.05) is 24.3 Å². The average molecular weight is 270 g/mol. The fourth-order valence-electron chi connectivity index (χ4n) is 2.11. The Kier molecular flexibility index (Phi) is 3.13. The molecule has 0 aliphatic carbocycles. The van der Waals surface area contributed by atoms with E-state index in [1.165, 1.54) is 6.07 Å². The van der Waals surface area contributed by atoms with Crippen LogP contribution in [0.3, 0.4) is 0 Å². The van der Waals surface area contributed by atoms with Crippen molar-refractivity contribution < 1.29 is 13.9 Å². The number of nitrogens with zero attached hydrogens (tertiary/aromatic N) is 1. The zero-order valence-corrected chi connectivity index (χ0v) is 10.5. The topological polar surface area (TPSA) is 54.3 Å². The van der Waals surface area contributed by atoms with Crippen LogP contribution in [0.15, 0.2) is 36.4 Å². The smallest absolute Gasteiger partial charge is 0.231 e. The van der Waals surface area contributed by atoms with E-state index in [-0.39, 0.29) is 12.4 Å². The molecule has 0 unspecified atom stereocenters. The molecule has 3 rings (SSSR count). The maximum Gasteiger partial charge on any atom is 0.231 e. The van der Waals surface area contributed by atoms with E-state index in [2.05, 4.69) is 5.32 Å². The molecule has 100 valence electrons. The number of nitriles is 1. The Morgan fingerprint density at radius 3 is 2.90 bits per heavy atom. The molecular formula is C15H11FN2O2. The van der Waals surface area contributed by atoms with E-state index in [1.54, 1.807) is 12.1 Å². The van der Waals surface area contributed by atoms with E-state index >= 15 is 0 Å². The Morgan fingerprint density at radius 2 is 2.05 bits per heavy atom. The van der Waals surface area contributed by atoms with Gasteiger partial charge in [-0.15, -0.1) is 0 Å². The lowest BCUT2D eigenvalue weighted by Crippen LogP contribution is -2.03. The van der Waals surface area contributed by atoms with Crippen LogP contribution in [0, 0.1) is 17.1 Å². The number of anilines is 1. The second kappa shape index (κ2) is 5.10. The fraction of sp³-hybridized carbons (Fsp3) is 0.133. The molecule has 0 fully saturated rings. The van der Waals surface area contributed by atoms with Gasteiger partial charge in [-0.2, -0.15) is 5.26 Å². The second-order valence-corrected chi connectivity index (χ2v) is 4.28. The van der Waals surface area contributed by atoms with Gasteiger partial charge in [-0.25, -0.2) is 4.39 Å². The first kappa shape index (κ1) is 12.3. The molecule has 2 aromatic rings. The van der Waals surface area contributed by atoms with Crippen LogP contribution in [-0.2, 0) is 6.54 Å². The van der Waals surface area contributed by atoms with Gasteiger partial charge in [0.25, 0.3) is 0 Å². The number of para-hydroxylation sites is 1. The van der Waals surface area contributed by atoms with Gasteiger partial charge in [0.1, 0.15) is 17.4 Å². The number of nitrogens with one attached hydrogen (secondary N) is 1. The van der Waals surface area contributed by atoms with Crippen molar-refractivity contribution >= 4 is 5.69 Å². The van der Waals surface area contributed by atoms with Gasteiger partial charge in [-0.05, 0) is 18.2 Å². The zero-order valence-electron chi connectivity index (χ0n) is 10.5. The standard InChI is InChI=1S/C15H11FN2O2/c16-12-4-2-5-13(11(12)7-17)18-8-10-3-1-6-14-15(10)20-9-19-14/h1-6,18H,8-9H2. The summed E-state index contributed by atoms with van der Waals surface area (Å²) in [6.45, 7) is 0.625. The number of rotatable bonds is 3. The third kappa shape index (κ3) is 2.12. The van der Waals surface area contributed by atoms with Crippen molar-refractivity contribution in [2.45, 2.75) is 6.54 Å². The highest BCUT2D eigenvalue weighted by Gasteiger charge is 2.17. The van der Waals surface area contributed by atoms with Crippen LogP contribution in [0.5, 0.6) is 11.5 Å². The van der Waals surface area contributed by atoms with Gasteiger partial charge in [0.05, 0.1) is 5.69 Å².